The van der Waals surface area contributed by atoms with E-state index in [-0.39, 0.29) is 6.54 Å². The highest BCUT2D eigenvalue weighted by Gasteiger charge is 2.42. The highest BCUT2D eigenvalue weighted by Crippen LogP contribution is 2.25. The first kappa shape index (κ1) is 14.6. The summed E-state index contributed by atoms with van der Waals surface area (Å²) in [6, 6.07) is 8.73. The van der Waals surface area contributed by atoms with Crippen LogP contribution >= 0.6 is 0 Å². The Balaban J connectivity index is 1.56. The first-order chi connectivity index (χ1) is 10.5. The second-order valence-corrected chi connectivity index (χ2v) is 5.34. The van der Waals surface area contributed by atoms with Crippen molar-refractivity contribution in [3.05, 3.63) is 48.3 Å². The van der Waals surface area contributed by atoms with E-state index >= 15 is 0 Å². The first-order valence-corrected chi connectivity index (χ1v) is 7.01. The third-order valence-electron chi connectivity index (χ3n) is 3.55. The summed E-state index contributed by atoms with van der Waals surface area (Å²) in [5.74, 6) is -3.22. The lowest BCUT2D eigenvalue weighted by Gasteiger charge is -2.10. The van der Waals surface area contributed by atoms with E-state index in [0.29, 0.717) is 0 Å². The van der Waals surface area contributed by atoms with Crippen LogP contribution in [0.5, 0.6) is 0 Å². The van der Waals surface area contributed by atoms with Gasteiger partial charge < -0.3 is 5.32 Å². The summed E-state index contributed by atoms with van der Waals surface area (Å²) >= 11 is 0. The van der Waals surface area contributed by atoms with E-state index in [1.165, 1.54) is 0 Å². The number of hydrogen-bond acceptors (Lipinski definition) is 3. The zero-order valence-corrected chi connectivity index (χ0v) is 11.8. The molecule has 1 aromatic carbocycles. The van der Waals surface area contributed by atoms with Gasteiger partial charge in [0.15, 0.2) is 0 Å². The number of amides is 1. The number of halogens is 2. The van der Waals surface area contributed by atoms with Gasteiger partial charge in [-0.3, -0.25) is 10.1 Å². The van der Waals surface area contributed by atoms with Crippen LogP contribution in [0.1, 0.15) is 12.0 Å². The van der Waals surface area contributed by atoms with Crippen molar-refractivity contribution in [3.8, 4) is 5.69 Å². The largest absolute Gasteiger partial charge is 0.351 e. The minimum atomic E-state index is -2.81. The van der Waals surface area contributed by atoms with Crippen molar-refractivity contribution in [2.24, 2.45) is 0 Å². The summed E-state index contributed by atoms with van der Waals surface area (Å²) in [5.41, 5.74) is 1.72. The minimum Gasteiger partial charge on any atom is -0.351 e. The number of hydrogen-bond donors (Lipinski definition) is 2. The van der Waals surface area contributed by atoms with Crippen LogP contribution in [0.15, 0.2) is 42.7 Å². The van der Waals surface area contributed by atoms with Crippen LogP contribution in [0.4, 0.5) is 8.78 Å². The van der Waals surface area contributed by atoms with Crippen molar-refractivity contribution < 1.29 is 13.6 Å². The summed E-state index contributed by atoms with van der Waals surface area (Å²) in [6.07, 6.45) is 2.98. The molecule has 1 saturated heterocycles. The van der Waals surface area contributed by atoms with Gasteiger partial charge in [-0.2, -0.15) is 5.10 Å². The number of nitrogens with one attached hydrogen (secondary N) is 2. The molecule has 2 heterocycles. The maximum Gasteiger partial charge on any atom is 0.262 e. The molecule has 5 nitrogen and oxygen atoms in total. The molecule has 7 heteroatoms. The van der Waals surface area contributed by atoms with Crippen LogP contribution in [0.2, 0.25) is 0 Å². The van der Waals surface area contributed by atoms with Crippen molar-refractivity contribution in [1.82, 2.24) is 20.4 Å². The Kier molecular flexibility index (Phi) is 3.89. The molecule has 1 atom stereocenters. The molecule has 0 aliphatic carbocycles. The van der Waals surface area contributed by atoms with Crippen molar-refractivity contribution >= 4 is 5.91 Å². The molecule has 1 fully saturated rings. The van der Waals surface area contributed by atoms with Gasteiger partial charge in [-0.1, -0.05) is 18.2 Å². The lowest BCUT2D eigenvalue weighted by molar-refractivity contribution is -0.123. The number of alkyl halides is 2. The Labute approximate surface area is 126 Å². The fourth-order valence-electron chi connectivity index (χ4n) is 2.39. The molecule has 1 amide bonds. The molecule has 1 unspecified atom stereocenters. The Morgan fingerprint density at radius 3 is 2.86 bits per heavy atom. The third-order valence-corrected chi connectivity index (χ3v) is 3.55. The summed E-state index contributed by atoms with van der Waals surface area (Å²) in [4.78, 5) is 11.8. The maximum absolute atomic E-state index is 13.1. The van der Waals surface area contributed by atoms with Crippen LogP contribution in [-0.4, -0.2) is 34.2 Å². The van der Waals surface area contributed by atoms with Crippen molar-refractivity contribution in [2.45, 2.75) is 24.9 Å². The van der Waals surface area contributed by atoms with Crippen LogP contribution in [-0.2, 0) is 11.3 Å². The predicted octanol–water partition coefficient (Wildman–Crippen LogP) is 1.49. The zero-order chi connectivity index (χ0) is 15.6. The minimum absolute atomic E-state index is 0.259. The number of aromatic nitrogens is 2. The Morgan fingerprint density at radius 1 is 1.41 bits per heavy atom. The monoisotopic (exact) mass is 306 g/mol. The Bertz CT molecular complexity index is 657. The van der Waals surface area contributed by atoms with Gasteiger partial charge in [0, 0.05) is 24.7 Å². The number of rotatable bonds is 4. The SMILES string of the molecule is O=C(NCc1cnn(-c2ccccc2)c1)C1CC(F)(F)CN1. The summed E-state index contributed by atoms with van der Waals surface area (Å²) < 4.78 is 27.8. The highest BCUT2D eigenvalue weighted by molar-refractivity contribution is 5.82. The molecule has 1 aliphatic heterocycles. The lowest BCUT2D eigenvalue weighted by atomic mass is 10.2. The van der Waals surface area contributed by atoms with E-state index < -0.39 is 30.8 Å². The lowest BCUT2D eigenvalue weighted by Crippen LogP contribution is -2.39. The topological polar surface area (TPSA) is 59.0 Å². The summed E-state index contributed by atoms with van der Waals surface area (Å²) in [6.45, 7) is -0.188. The fourth-order valence-corrected chi connectivity index (χ4v) is 2.39. The molecule has 2 aromatic rings. The maximum atomic E-state index is 13.1. The van der Waals surface area contributed by atoms with Gasteiger partial charge in [-0.25, -0.2) is 13.5 Å². The molecular weight excluding hydrogens is 290 g/mol. The van der Waals surface area contributed by atoms with E-state index in [2.05, 4.69) is 15.7 Å². The number of para-hydroxylation sites is 1. The molecular formula is C15H16F2N4O. The summed E-state index contributed by atoms with van der Waals surface area (Å²) in [5, 5.41) is 9.40. The molecule has 22 heavy (non-hydrogen) atoms. The molecule has 1 aromatic heterocycles. The van der Waals surface area contributed by atoms with Gasteiger partial charge in [-0.05, 0) is 12.1 Å². The van der Waals surface area contributed by atoms with Gasteiger partial charge in [0.2, 0.25) is 5.91 Å². The van der Waals surface area contributed by atoms with Crippen LogP contribution in [0.3, 0.4) is 0 Å². The average Bonchev–Trinajstić information content (AvgIpc) is 3.12. The van der Waals surface area contributed by atoms with Gasteiger partial charge in [-0.15, -0.1) is 0 Å². The van der Waals surface area contributed by atoms with Gasteiger partial charge in [0.05, 0.1) is 24.5 Å². The molecule has 0 bridgehead atoms. The zero-order valence-electron chi connectivity index (χ0n) is 11.8. The second kappa shape index (κ2) is 5.84. The van der Waals surface area contributed by atoms with Crippen molar-refractivity contribution in [2.75, 3.05) is 6.54 Å². The average molecular weight is 306 g/mol. The van der Waals surface area contributed by atoms with E-state index in [1.807, 2.05) is 30.3 Å². The number of carbonyl (C=O) groups is 1. The van der Waals surface area contributed by atoms with Gasteiger partial charge in [0.1, 0.15) is 0 Å². The quantitative estimate of drug-likeness (QED) is 0.900. The Hall–Kier alpha value is -2.28. The highest BCUT2D eigenvalue weighted by atomic mass is 19.3. The van der Waals surface area contributed by atoms with Crippen LogP contribution in [0.25, 0.3) is 5.69 Å². The van der Waals surface area contributed by atoms with Gasteiger partial charge in [0.25, 0.3) is 5.92 Å². The molecule has 2 N–H and O–H groups in total. The second-order valence-electron chi connectivity index (χ2n) is 5.34. The first-order valence-electron chi connectivity index (χ1n) is 7.01. The van der Waals surface area contributed by atoms with Crippen LogP contribution < -0.4 is 10.6 Å². The van der Waals surface area contributed by atoms with E-state index in [1.54, 1.807) is 17.1 Å². The smallest absolute Gasteiger partial charge is 0.262 e. The third kappa shape index (κ3) is 3.30. The molecule has 0 radical (unpaired) electrons. The van der Waals surface area contributed by atoms with Crippen LogP contribution in [0, 0.1) is 0 Å². The predicted molar refractivity (Wildman–Crippen MR) is 76.8 cm³/mol. The normalized spacial score (nSPS) is 20.0. The summed E-state index contributed by atoms with van der Waals surface area (Å²) in [7, 11) is 0. The van der Waals surface area contributed by atoms with Crippen molar-refractivity contribution in [1.29, 1.82) is 0 Å². The molecule has 0 saturated carbocycles. The number of nitrogens with zero attached hydrogens (tertiary/aromatic N) is 2. The molecule has 116 valence electrons. The number of carbonyl (C=O) groups excluding carboxylic acids is 1. The Morgan fingerprint density at radius 2 is 2.18 bits per heavy atom. The molecule has 0 spiro atoms. The van der Waals surface area contributed by atoms with E-state index in [4.69, 9.17) is 0 Å². The van der Waals surface area contributed by atoms with E-state index in [0.717, 1.165) is 11.3 Å². The molecule has 1 aliphatic rings. The van der Waals surface area contributed by atoms with E-state index in [9.17, 15) is 13.6 Å². The standard InChI is InChI=1S/C15H16F2N4O/c16-15(17)6-13(19-10-15)14(22)18-7-11-8-20-21(9-11)12-4-2-1-3-5-12/h1-5,8-9,13,19H,6-7,10H2,(H,18,22). The van der Waals surface area contributed by atoms with Gasteiger partial charge >= 0.3 is 0 Å². The van der Waals surface area contributed by atoms with Crippen molar-refractivity contribution in [3.63, 3.8) is 0 Å². The molecule has 3 rings (SSSR count). The fraction of sp³-hybridized carbons (Fsp3) is 0.333. The number of benzene rings is 1.